The number of nitrogens with one attached hydrogen (secondary N) is 1. The van der Waals surface area contributed by atoms with Crippen molar-refractivity contribution in [3.8, 4) is 16.9 Å². The van der Waals surface area contributed by atoms with E-state index >= 15 is 0 Å². The second-order valence-corrected chi connectivity index (χ2v) is 12.8. The van der Waals surface area contributed by atoms with Gasteiger partial charge in [-0.05, 0) is 92.2 Å². The molecule has 3 aromatic carbocycles. The third-order valence-electron chi connectivity index (χ3n) is 9.60. The highest BCUT2D eigenvalue weighted by Crippen LogP contribution is 2.37. The molecule has 216 valence electrons. The van der Waals surface area contributed by atoms with Crippen LogP contribution < -0.4 is 10.1 Å². The van der Waals surface area contributed by atoms with E-state index in [0.717, 1.165) is 51.7 Å². The number of piperidine rings is 1. The van der Waals surface area contributed by atoms with Crippen molar-refractivity contribution in [3.05, 3.63) is 87.9 Å². The van der Waals surface area contributed by atoms with Crippen molar-refractivity contribution in [1.29, 1.82) is 0 Å². The molecule has 0 spiro atoms. The van der Waals surface area contributed by atoms with Crippen molar-refractivity contribution >= 4 is 17.5 Å². The average molecular weight is 572 g/mol. The van der Waals surface area contributed by atoms with Gasteiger partial charge in [0, 0.05) is 37.3 Å². The number of benzene rings is 3. The standard InChI is InChI=1S/C35H42ClN3O2/c1-38(2)35(16-6-3-7-17-35)24-37-34(40)27-11-13-33(32(36)22-27)41-29-14-18-39(19-15-29)23-25-10-12-31-28(20-25)21-26-8-4-5-9-30(26)31/h4-5,8-13,20,22,29H,3,6-7,14-19,21,23-24H2,1-2H3,(H,37,40). The predicted octanol–water partition coefficient (Wildman–Crippen LogP) is 6.95. The lowest BCUT2D eigenvalue weighted by atomic mass is 9.80. The largest absolute Gasteiger partial charge is 0.489 e. The molecule has 0 aromatic heterocycles. The Morgan fingerprint density at radius 1 is 0.976 bits per heavy atom. The van der Waals surface area contributed by atoms with Gasteiger partial charge in [0.05, 0.1) is 5.02 Å². The molecule has 41 heavy (non-hydrogen) atoms. The Hall–Kier alpha value is -2.86. The Balaban J connectivity index is 0.993. The zero-order valence-corrected chi connectivity index (χ0v) is 25.2. The Bertz CT molecular complexity index is 1390. The van der Waals surface area contributed by atoms with Crippen LogP contribution in [0.2, 0.25) is 5.02 Å². The molecule has 2 fully saturated rings. The molecule has 1 N–H and O–H groups in total. The van der Waals surface area contributed by atoms with Crippen LogP contribution in [0.15, 0.2) is 60.7 Å². The molecule has 5 nitrogen and oxygen atoms in total. The first-order valence-electron chi connectivity index (χ1n) is 15.2. The lowest BCUT2D eigenvalue weighted by Gasteiger charge is -2.43. The van der Waals surface area contributed by atoms with E-state index in [-0.39, 0.29) is 17.6 Å². The van der Waals surface area contributed by atoms with Gasteiger partial charge in [0.25, 0.3) is 5.91 Å². The summed E-state index contributed by atoms with van der Waals surface area (Å²) in [6, 6.07) is 21.2. The monoisotopic (exact) mass is 571 g/mol. The highest BCUT2D eigenvalue weighted by Gasteiger charge is 2.34. The van der Waals surface area contributed by atoms with Crippen molar-refractivity contribution in [2.24, 2.45) is 0 Å². The van der Waals surface area contributed by atoms with Gasteiger partial charge < -0.3 is 15.0 Å². The second kappa shape index (κ2) is 12.2. The smallest absolute Gasteiger partial charge is 0.251 e. The van der Waals surface area contributed by atoms with Gasteiger partial charge in [-0.1, -0.05) is 73.3 Å². The molecular weight excluding hydrogens is 530 g/mol. The van der Waals surface area contributed by atoms with Gasteiger partial charge in [-0.3, -0.25) is 9.69 Å². The van der Waals surface area contributed by atoms with Gasteiger partial charge in [0.2, 0.25) is 0 Å². The minimum atomic E-state index is -0.0750. The first-order valence-corrected chi connectivity index (χ1v) is 15.6. The van der Waals surface area contributed by atoms with Crippen molar-refractivity contribution in [3.63, 3.8) is 0 Å². The van der Waals surface area contributed by atoms with Crippen LogP contribution in [-0.2, 0) is 13.0 Å². The van der Waals surface area contributed by atoms with Crippen LogP contribution in [-0.4, -0.2) is 61.1 Å². The van der Waals surface area contributed by atoms with Crippen LogP contribution in [0.1, 0.15) is 72.0 Å². The summed E-state index contributed by atoms with van der Waals surface area (Å²) in [6.45, 7) is 3.61. The number of rotatable bonds is 8. The molecule has 0 atom stereocenters. The zero-order valence-electron chi connectivity index (χ0n) is 24.4. The number of hydrogen-bond donors (Lipinski definition) is 1. The van der Waals surface area contributed by atoms with Crippen LogP contribution in [0.3, 0.4) is 0 Å². The molecular formula is C35H42ClN3O2. The van der Waals surface area contributed by atoms with Crippen LogP contribution in [0, 0.1) is 0 Å². The summed E-state index contributed by atoms with van der Waals surface area (Å²) in [5.41, 5.74) is 7.66. The van der Waals surface area contributed by atoms with Crippen LogP contribution in [0.5, 0.6) is 5.75 Å². The topological polar surface area (TPSA) is 44.8 Å². The predicted molar refractivity (Wildman–Crippen MR) is 167 cm³/mol. The first kappa shape index (κ1) is 28.3. The van der Waals surface area contributed by atoms with Crippen molar-refractivity contribution in [2.45, 2.75) is 69.6 Å². The van der Waals surface area contributed by atoms with E-state index in [1.54, 1.807) is 6.07 Å². The molecule has 1 amide bonds. The summed E-state index contributed by atoms with van der Waals surface area (Å²) in [5.74, 6) is 0.589. The number of fused-ring (bicyclic) bond motifs is 3. The molecule has 0 bridgehead atoms. The van der Waals surface area contributed by atoms with Crippen LogP contribution >= 0.6 is 11.6 Å². The SMILES string of the molecule is CN(C)C1(CNC(=O)c2ccc(OC3CCN(Cc4ccc5c(c4)Cc4ccccc4-5)CC3)c(Cl)c2)CCCCC1. The van der Waals surface area contributed by atoms with E-state index in [2.05, 4.69) is 71.7 Å². The first-order chi connectivity index (χ1) is 19.9. The number of carbonyl (C=O) groups excluding carboxylic acids is 1. The summed E-state index contributed by atoms with van der Waals surface area (Å²) in [6.07, 6.45) is 9.04. The van der Waals surface area contributed by atoms with Crippen LogP contribution in [0.25, 0.3) is 11.1 Å². The molecule has 0 radical (unpaired) electrons. The van der Waals surface area contributed by atoms with Crippen molar-refractivity contribution in [2.75, 3.05) is 33.7 Å². The highest BCUT2D eigenvalue weighted by atomic mass is 35.5. The number of amides is 1. The maximum absolute atomic E-state index is 13.0. The van der Waals surface area contributed by atoms with E-state index in [4.69, 9.17) is 16.3 Å². The van der Waals surface area contributed by atoms with Gasteiger partial charge in [0.15, 0.2) is 0 Å². The highest BCUT2D eigenvalue weighted by molar-refractivity contribution is 6.32. The Morgan fingerprint density at radius 3 is 2.49 bits per heavy atom. The van der Waals surface area contributed by atoms with Gasteiger partial charge >= 0.3 is 0 Å². The Labute approximate surface area is 249 Å². The molecule has 0 unspecified atom stereocenters. The Kier molecular flexibility index (Phi) is 8.39. The molecule has 6 rings (SSSR count). The normalized spacial score (nSPS) is 18.6. The third kappa shape index (κ3) is 6.18. The van der Waals surface area contributed by atoms with Crippen LogP contribution in [0.4, 0.5) is 0 Å². The van der Waals surface area contributed by atoms with E-state index in [1.807, 2.05) is 12.1 Å². The minimum Gasteiger partial charge on any atom is -0.489 e. The number of ether oxygens (including phenoxy) is 1. The summed E-state index contributed by atoms with van der Waals surface area (Å²) in [7, 11) is 4.24. The van der Waals surface area contributed by atoms with E-state index in [9.17, 15) is 4.79 Å². The van der Waals surface area contributed by atoms with Crippen molar-refractivity contribution in [1.82, 2.24) is 15.1 Å². The molecule has 1 saturated heterocycles. The maximum atomic E-state index is 13.0. The number of likely N-dealkylation sites (N-methyl/N-ethyl adjacent to an activating group) is 1. The number of nitrogens with zero attached hydrogens (tertiary/aromatic N) is 2. The van der Waals surface area contributed by atoms with E-state index in [1.165, 1.54) is 47.1 Å². The number of halogens is 1. The van der Waals surface area contributed by atoms with Gasteiger partial charge in [-0.2, -0.15) is 0 Å². The average Bonchev–Trinajstić information content (AvgIpc) is 3.36. The molecule has 3 aliphatic rings. The maximum Gasteiger partial charge on any atom is 0.251 e. The fraction of sp³-hybridized carbons (Fsp3) is 0.457. The Morgan fingerprint density at radius 2 is 1.73 bits per heavy atom. The fourth-order valence-electron chi connectivity index (χ4n) is 7.00. The number of hydrogen-bond acceptors (Lipinski definition) is 4. The number of carbonyl (C=O) groups is 1. The van der Waals surface area contributed by atoms with E-state index in [0.29, 0.717) is 22.9 Å². The van der Waals surface area contributed by atoms with Crippen molar-refractivity contribution < 1.29 is 9.53 Å². The van der Waals surface area contributed by atoms with Gasteiger partial charge in [-0.15, -0.1) is 0 Å². The molecule has 3 aromatic rings. The summed E-state index contributed by atoms with van der Waals surface area (Å²) >= 11 is 6.61. The quantitative estimate of drug-likeness (QED) is 0.248. The molecule has 1 saturated carbocycles. The fourth-order valence-corrected chi connectivity index (χ4v) is 7.22. The lowest BCUT2D eigenvalue weighted by Crippen LogP contribution is -2.53. The zero-order chi connectivity index (χ0) is 28.4. The third-order valence-corrected chi connectivity index (χ3v) is 9.89. The molecule has 2 aliphatic carbocycles. The molecule has 1 heterocycles. The summed E-state index contributed by atoms with van der Waals surface area (Å²) in [5, 5.41) is 3.68. The molecule has 1 aliphatic heterocycles. The summed E-state index contributed by atoms with van der Waals surface area (Å²) in [4.78, 5) is 17.8. The number of likely N-dealkylation sites (tertiary alicyclic amines) is 1. The lowest BCUT2D eigenvalue weighted by molar-refractivity contribution is 0.0799. The van der Waals surface area contributed by atoms with Gasteiger partial charge in [-0.25, -0.2) is 0 Å². The van der Waals surface area contributed by atoms with Gasteiger partial charge in [0.1, 0.15) is 11.9 Å². The summed E-state index contributed by atoms with van der Waals surface area (Å²) < 4.78 is 6.32. The second-order valence-electron chi connectivity index (χ2n) is 12.4. The minimum absolute atomic E-state index is 0.0437. The molecule has 6 heteroatoms. The van der Waals surface area contributed by atoms with E-state index < -0.39 is 0 Å².